The lowest BCUT2D eigenvalue weighted by Gasteiger charge is -2.35. The predicted molar refractivity (Wildman–Crippen MR) is 118 cm³/mol. The van der Waals surface area contributed by atoms with Gasteiger partial charge in [-0.1, -0.05) is 12.1 Å². The van der Waals surface area contributed by atoms with Crippen molar-refractivity contribution in [3.63, 3.8) is 0 Å². The van der Waals surface area contributed by atoms with Crippen molar-refractivity contribution in [2.75, 3.05) is 32.8 Å². The van der Waals surface area contributed by atoms with Crippen LogP contribution >= 0.6 is 0 Å². The summed E-state index contributed by atoms with van der Waals surface area (Å²) in [6.45, 7) is 10.8. The summed E-state index contributed by atoms with van der Waals surface area (Å²) >= 11 is 0. The standard InChI is InChI=1S/C24H31N3O5/c1-5-29-24(28)21-17(4)32-23(26)20(12-25)22(21)18-7-6-8-19(11-18)30-10-9-27-13-15(2)31-16(3)14-27/h6-8,11,15-16,22H,5,9-10,13-14,26H2,1-4H3. The van der Waals surface area contributed by atoms with Gasteiger partial charge < -0.3 is 24.7 Å². The van der Waals surface area contributed by atoms with Gasteiger partial charge in [0.1, 0.15) is 29.8 Å². The minimum atomic E-state index is -0.683. The van der Waals surface area contributed by atoms with Crippen LogP contribution in [0.4, 0.5) is 0 Å². The number of rotatable bonds is 7. The number of carbonyl (C=O) groups is 1. The first-order valence-corrected chi connectivity index (χ1v) is 10.9. The summed E-state index contributed by atoms with van der Waals surface area (Å²) in [5.41, 5.74) is 7.12. The minimum Gasteiger partial charge on any atom is -0.492 e. The lowest BCUT2D eigenvalue weighted by Crippen LogP contribution is -2.46. The van der Waals surface area contributed by atoms with Crippen molar-refractivity contribution in [1.82, 2.24) is 4.90 Å². The van der Waals surface area contributed by atoms with Crippen molar-refractivity contribution in [1.29, 1.82) is 5.26 Å². The summed E-state index contributed by atoms with van der Waals surface area (Å²) in [6.07, 6.45) is 0.405. The fourth-order valence-electron chi connectivity index (χ4n) is 4.23. The van der Waals surface area contributed by atoms with Crippen LogP contribution in [-0.2, 0) is 19.0 Å². The van der Waals surface area contributed by atoms with E-state index in [9.17, 15) is 10.1 Å². The topological polar surface area (TPSA) is 107 Å². The highest BCUT2D eigenvalue weighted by Crippen LogP contribution is 2.40. The summed E-state index contributed by atoms with van der Waals surface area (Å²) in [4.78, 5) is 15.0. The monoisotopic (exact) mass is 441 g/mol. The number of carbonyl (C=O) groups excluding carboxylic acids is 1. The van der Waals surface area contributed by atoms with E-state index < -0.39 is 11.9 Å². The summed E-state index contributed by atoms with van der Waals surface area (Å²) < 4.78 is 22.5. The normalized spacial score (nSPS) is 24.0. The van der Waals surface area contributed by atoms with Crippen LogP contribution in [0, 0.1) is 11.3 Å². The molecule has 172 valence electrons. The van der Waals surface area contributed by atoms with Crippen LogP contribution in [0.3, 0.4) is 0 Å². The van der Waals surface area contributed by atoms with Crippen molar-refractivity contribution in [2.24, 2.45) is 5.73 Å². The second kappa shape index (κ2) is 10.5. The Morgan fingerprint density at radius 2 is 2.03 bits per heavy atom. The third-order valence-corrected chi connectivity index (χ3v) is 5.46. The number of hydrogen-bond acceptors (Lipinski definition) is 8. The van der Waals surface area contributed by atoms with Gasteiger partial charge in [0.2, 0.25) is 5.88 Å². The summed E-state index contributed by atoms with van der Waals surface area (Å²) in [6, 6.07) is 9.45. The molecule has 0 bridgehead atoms. The molecule has 0 aromatic heterocycles. The van der Waals surface area contributed by atoms with E-state index in [0.29, 0.717) is 23.7 Å². The molecule has 2 heterocycles. The smallest absolute Gasteiger partial charge is 0.338 e. The van der Waals surface area contributed by atoms with E-state index in [2.05, 4.69) is 24.8 Å². The Bertz CT molecular complexity index is 939. The predicted octanol–water partition coefficient (Wildman–Crippen LogP) is 2.82. The molecule has 3 rings (SSSR count). The van der Waals surface area contributed by atoms with Crippen LogP contribution in [0.25, 0.3) is 0 Å². The molecular weight excluding hydrogens is 410 g/mol. The largest absolute Gasteiger partial charge is 0.492 e. The minimum absolute atomic E-state index is 0.00933. The molecule has 1 saturated heterocycles. The second-order valence-electron chi connectivity index (χ2n) is 8.05. The number of nitrogens with zero attached hydrogens (tertiary/aromatic N) is 2. The first-order valence-electron chi connectivity index (χ1n) is 10.9. The Labute approximate surface area is 189 Å². The Kier molecular flexibility index (Phi) is 7.78. The Balaban J connectivity index is 1.78. The number of esters is 1. The van der Waals surface area contributed by atoms with E-state index in [1.54, 1.807) is 13.8 Å². The van der Waals surface area contributed by atoms with Crippen LogP contribution < -0.4 is 10.5 Å². The zero-order chi connectivity index (χ0) is 23.3. The highest BCUT2D eigenvalue weighted by Gasteiger charge is 2.36. The fraction of sp³-hybridized carbons (Fsp3) is 0.500. The fourth-order valence-corrected chi connectivity index (χ4v) is 4.23. The van der Waals surface area contributed by atoms with Gasteiger partial charge in [0, 0.05) is 19.6 Å². The molecule has 2 N–H and O–H groups in total. The number of nitrogens with two attached hydrogens (primary N) is 1. The maximum atomic E-state index is 12.7. The van der Waals surface area contributed by atoms with Gasteiger partial charge >= 0.3 is 5.97 Å². The molecule has 8 heteroatoms. The van der Waals surface area contributed by atoms with E-state index in [-0.39, 0.29) is 35.8 Å². The molecule has 0 aliphatic carbocycles. The summed E-state index contributed by atoms with van der Waals surface area (Å²) in [5.74, 6) is -0.244. The number of nitriles is 1. The van der Waals surface area contributed by atoms with E-state index in [1.165, 1.54) is 0 Å². The van der Waals surface area contributed by atoms with E-state index in [1.807, 2.05) is 24.3 Å². The third-order valence-electron chi connectivity index (χ3n) is 5.46. The lowest BCUT2D eigenvalue weighted by molar-refractivity contribution is -0.139. The molecule has 0 saturated carbocycles. The Morgan fingerprint density at radius 1 is 1.31 bits per heavy atom. The first-order chi connectivity index (χ1) is 15.3. The van der Waals surface area contributed by atoms with Crippen LogP contribution in [0.5, 0.6) is 5.75 Å². The first kappa shape index (κ1) is 23.6. The summed E-state index contributed by atoms with van der Waals surface area (Å²) in [5, 5.41) is 9.72. The highest BCUT2D eigenvalue weighted by molar-refractivity contribution is 5.92. The maximum absolute atomic E-state index is 12.7. The van der Waals surface area contributed by atoms with Crippen molar-refractivity contribution in [3.05, 3.63) is 52.6 Å². The number of morpholine rings is 1. The molecule has 2 aliphatic rings. The molecule has 0 spiro atoms. The van der Waals surface area contributed by atoms with E-state index >= 15 is 0 Å². The average molecular weight is 442 g/mol. The van der Waals surface area contributed by atoms with Crippen molar-refractivity contribution < 1.29 is 23.7 Å². The molecule has 1 aromatic rings. The van der Waals surface area contributed by atoms with Gasteiger partial charge in [0.25, 0.3) is 0 Å². The third kappa shape index (κ3) is 5.42. The quantitative estimate of drug-likeness (QED) is 0.644. The molecule has 3 unspecified atom stereocenters. The van der Waals surface area contributed by atoms with Crippen LogP contribution in [0.2, 0.25) is 0 Å². The van der Waals surface area contributed by atoms with Gasteiger partial charge in [-0.3, -0.25) is 4.90 Å². The average Bonchev–Trinajstić information content (AvgIpc) is 2.73. The Morgan fingerprint density at radius 3 is 2.69 bits per heavy atom. The van der Waals surface area contributed by atoms with Crippen molar-refractivity contribution >= 4 is 5.97 Å². The van der Waals surface area contributed by atoms with E-state index in [0.717, 1.165) is 19.6 Å². The van der Waals surface area contributed by atoms with Gasteiger partial charge in [-0.15, -0.1) is 0 Å². The molecule has 0 radical (unpaired) electrons. The Hall–Kier alpha value is -3.02. The van der Waals surface area contributed by atoms with Gasteiger partial charge in [0.05, 0.1) is 30.3 Å². The molecule has 1 aromatic carbocycles. The molecule has 2 aliphatic heterocycles. The zero-order valence-corrected chi connectivity index (χ0v) is 19.1. The van der Waals surface area contributed by atoms with Crippen LogP contribution in [0.1, 0.15) is 39.2 Å². The summed E-state index contributed by atoms with van der Waals surface area (Å²) in [7, 11) is 0. The molecule has 1 fully saturated rings. The zero-order valence-electron chi connectivity index (χ0n) is 19.1. The highest BCUT2D eigenvalue weighted by atomic mass is 16.5. The van der Waals surface area contributed by atoms with Crippen LogP contribution in [0.15, 0.2) is 47.1 Å². The number of hydrogen-bond donors (Lipinski definition) is 1. The number of benzene rings is 1. The van der Waals surface area contributed by atoms with Crippen molar-refractivity contribution in [3.8, 4) is 11.8 Å². The van der Waals surface area contributed by atoms with Gasteiger partial charge in [-0.2, -0.15) is 5.26 Å². The lowest BCUT2D eigenvalue weighted by atomic mass is 9.83. The number of allylic oxidation sites excluding steroid dienone is 2. The van der Waals surface area contributed by atoms with Crippen molar-refractivity contribution in [2.45, 2.75) is 45.8 Å². The second-order valence-corrected chi connectivity index (χ2v) is 8.05. The SMILES string of the molecule is CCOC(=O)C1=C(C)OC(N)=C(C#N)C1c1cccc(OCCN2CC(C)OC(C)C2)c1. The molecule has 3 atom stereocenters. The van der Waals surface area contributed by atoms with Gasteiger partial charge in [-0.05, 0) is 45.4 Å². The van der Waals surface area contributed by atoms with Crippen LogP contribution in [-0.4, -0.2) is 55.9 Å². The molecular formula is C24H31N3O5. The number of ether oxygens (including phenoxy) is 4. The van der Waals surface area contributed by atoms with Gasteiger partial charge in [0.15, 0.2) is 0 Å². The maximum Gasteiger partial charge on any atom is 0.338 e. The molecule has 0 amide bonds. The molecule has 32 heavy (non-hydrogen) atoms. The van der Waals surface area contributed by atoms with Gasteiger partial charge in [-0.25, -0.2) is 4.79 Å². The molecule has 8 nitrogen and oxygen atoms in total. The van der Waals surface area contributed by atoms with E-state index in [4.69, 9.17) is 24.7 Å².